The quantitative estimate of drug-likeness (QED) is 0.465. The molecule has 1 aromatic rings. The zero-order valence-corrected chi connectivity index (χ0v) is 13.9. The average Bonchev–Trinajstić information content (AvgIpc) is 2.47. The van der Waals surface area contributed by atoms with Gasteiger partial charge in [0.05, 0.1) is 6.61 Å². The van der Waals surface area contributed by atoms with Crippen molar-refractivity contribution in [1.82, 2.24) is 5.32 Å². The third kappa shape index (κ3) is 9.47. The van der Waals surface area contributed by atoms with Crippen molar-refractivity contribution < 1.29 is 14.6 Å². The zero-order chi connectivity index (χ0) is 15.3. The van der Waals surface area contributed by atoms with E-state index in [1.807, 2.05) is 24.3 Å². The standard InChI is InChI=1S/C16H24BrNO3/c17-10-3-1-2-4-12-21-13-15-7-5-14(6-8-15)9-11-18-16(19)20/h5-8,18H,1-4,9-13H2,(H,19,20). The van der Waals surface area contributed by atoms with E-state index in [1.54, 1.807) is 0 Å². The predicted octanol–water partition coefficient (Wildman–Crippen LogP) is 3.97. The van der Waals surface area contributed by atoms with Crippen LogP contribution in [-0.2, 0) is 17.8 Å². The average molecular weight is 358 g/mol. The maximum atomic E-state index is 10.3. The van der Waals surface area contributed by atoms with Crippen molar-refractivity contribution in [2.24, 2.45) is 0 Å². The van der Waals surface area contributed by atoms with Gasteiger partial charge in [0, 0.05) is 18.5 Å². The number of benzene rings is 1. The summed E-state index contributed by atoms with van der Waals surface area (Å²) >= 11 is 3.43. The highest BCUT2D eigenvalue weighted by Crippen LogP contribution is 2.07. The van der Waals surface area contributed by atoms with E-state index in [4.69, 9.17) is 9.84 Å². The number of amides is 1. The minimum atomic E-state index is -0.976. The summed E-state index contributed by atoms with van der Waals surface area (Å²) in [7, 11) is 0. The summed E-state index contributed by atoms with van der Waals surface area (Å²) in [6.07, 6.45) is 4.57. The van der Waals surface area contributed by atoms with Crippen LogP contribution in [0.15, 0.2) is 24.3 Å². The highest BCUT2D eigenvalue weighted by Gasteiger charge is 1.98. The fraction of sp³-hybridized carbons (Fsp3) is 0.562. The Morgan fingerprint density at radius 1 is 1.10 bits per heavy atom. The molecule has 1 amide bonds. The molecule has 1 aromatic carbocycles. The zero-order valence-electron chi connectivity index (χ0n) is 12.3. The highest BCUT2D eigenvalue weighted by molar-refractivity contribution is 9.09. The van der Waals surface area contributed by atoms with Crippen molar-refractivity contribution in [3.8, 4) is 0 Å². The van der Waals surface area contributed by atoms with Crippen molar-refractivity contribution >= 4 is 22.0 Å². The molecule has 0 aliphatic rings. The third-order valence-corrected chi connectivity index (χ3v) is 3.71. The van der Waals surface area contributed by atoms with Gasteiger partial charge in [0.25, 0.3) is 0 Å². The number of carbonyl (C=O) groups is 1. The van der Waals surface area contributed by atoms with E-state index in [1.165, 1.54) is 19.3 Å². The van der Waals surface area contributed by atoms with E-state index in [9.17, 15) is 4.79 Å². The summed E-state index contributed by atoms with van der Waals surface area (Å²) in [4.78, 5) is 10.3. The Morgan fingerprint density at radius 3 is 2.43 bits per heavy atom. The maximum absolute atomic E-state index is 10.3. The summed E-state index contributed by atoms with van der Waals surface area (Å²) in [6, 6.07) is 8.14. The van der Waals surface area contributed by atoms with Crippen LogP contribution in [0.2, 0.25) is 0 Å². The molecule has 1 rings (SSSR count). The van der Waals surface area contributed by atoms with E-state index >= 15 is 0 Å². The van der Waals surface area contributed by atoms with Crippen molar-refractivity contribution in [3.05, 3.63) is 35.4 Å². The van der Waals surface area contributed by atoms with E-state index < -0.39 is 6.09 Å². The first-order valence-corrected chi connectivity index (χ1v) is 8.53. The molecule has 2 N–H and O–H groups in total. The van der Waals surface area contributed by atoms with Gasteiger partial charge in [-0.2, -0.15) is 0 Å². The Labute approximate surface area is 135 Å². The van der Waals surface area contributed by atoms with Gasteiger partial charge in [-0.3, -0.25) is 0 Å². The molecule has 0 aliphatic heterocycles. The van der Waals surface area contributed by atoms with Gasteiger partial charge in [0.2, 0.25) is 0 Å². The van der Waals surface area contributed by atoms with Gasteiger partial charge in [-0.15, -0.1) is 0 Å². The first-order valence-electron chi connectivity index (χ1n) is 7.40. The number of ether oxygens (including phenoxy) is 1. The molecule has 4 nitrogen and oxygen atoms in total. The van der Waals surface area contributed by atoms with E-state index in [0.717, 1.165) is 29.5 Å². The van der Waals surface area contributed by atoms with Crippen LogP contribution in [0.4, 0.5) is 4.79 Å². The van der Waals surface area contributed by atoms with Crippen LogP contribution in [0.3, 0.4) is 0 Å². The molecule has 0 atom stereocenters. The lowest BCUT2D eigenvalue weighted by Gasteiger charge is -2.06. The number of halogens is 1. The smallest absolute Gasteiger partial charge is 0.404 e. The molecular weight excluding hydrogens is 334 g/mol. The summed E-state index contributed by atoms with van der Waals surface area (Å²) in [5, 5.41) is 11.9. The van der Waals surface area contributed by atoms with Gasteiger partial charge in [-0.05, 0) is 30.4 Å². The van der Waals surface area contributed by atoms with Crippen LogP contribution < -0.4 is 5.32 Å². The van der Waals surface area contributed by atoms with Crippen LogP contribution in [0.1, 0.15) is 36.8 Å². The van der Waals surface area contributed by atoms with Crippen LogP contribution in [0, 0.1) is 0 Å². The molecule has 0 saturated heterocycles. The largest absolute Gasteiger partial charge is 0.465 e. The van der Waals surface area contributed by atoms with Crippen LogP contribution in [-0.4, -0.2) is 29.7 Å². The van der Waals surface area contributed by atoms with Crippen molar-refractivity contribution in [2.75, 3.05) is 18.5 Å². The number of hydrogen-bond acceptors (Lipinski definition) is 2. The normalized spacial score (nSPS) is 10.5. The Morgan fingerprint density at radius 2 is 1.76 bits per heavy atom. The molecule has 21 heavy (non-hydrogen) atoms. The molecular formula is C16H24BrNO3. The summed E-state index contributed by atoms with van der Waals surface area (Å²) in [6.45, 7) is 1.90. The molecule has 118 valence electrons. The van der Waals surface area contributed by atoms with Crippen molar-refractivity contribution in [1.29, 1.82) is 0 Å². The lowest BCUT2D eigenvalue weighted by atomic mass is 10.1. The second-order valence-corrected chi connectivity index (χ2v) is 5.75. The second-order valence-electron chi connectivity index (χ2n) is 4.95. The maximum Gasteiger partial charge on any atom is 0.404 e. The van der Waals surface area contributed by atoms with Gasteiger partial charge in [-0.1, -0.05) is 53.0 Å². The fourth-order valence-electron chi connectivity index (χ4n) is 1.96. The van der Waals surface area contributed by atoms with E-state index in [-0.39, 0.29) is 0 Å². The summed E-state index contributed by atoms with van der Waals surface area (Å²) in [5.41, 5.74) is 2.28. The molecule has 0 spiro atoms. The molecule has 0 heterocycles. The Kier molecular flexibility index (Phi) is 9.91. The summed E-state index contributed by atoms with van der Waals surface area (Å²) < 4.78 is 5.65. The number of unbranched alkanes of at least 4 members (excludes halogenated alkanes) is 3. The van der Waals surface area contributed by atoms with Gasteiger partial charge < -0.3 is 15.2 Å². The molecule has 0 aromatic heterocycles. The molecule has 0 aliphatic carbocycles. The number of alkyl halides is 1. The minimum absolute atomic E-state index is 0.444. The molecule has 0 radical (unpaired) electrons. The Bertz CT molecular complexity index is 395. The van der Waals surface area contributed by atoms with Crippen molar-refractivity contribution in [3.63, 3.8) is 0 Å². The lowest BCUT2D eigenvalue weighted by Crippen LogP contribution is -2.23. The molecule has 0 unspecified atom stereocenters. The van der Waals surface area contributed by atoms with Gasteiger partial charge in [0.1, 0.15) is 0 Å². The molecule has 0 bridgehead atoms. The molecule has 5 heteroatoms. The number of carboxylic acid groups (broad SMARTS) is 1. The van der Waals surface area contributed by atoms with E-state index in [0.29, 0.717) is 19.6 Å². The monoisotopic (exact) mass is 357 g/mol. The van der Waals surface area contributed by atoms with E-state index in [2.05, 4.69) is 21.2 Å². The minimum Gasteiger partial charge on any atom is -0.465 e. The second kappa shape index (κ2) is 11.6. The number of rotatable bonds is 11. The molecule has 0 fully saturated rings. The van der Waals surface area contributed by atoms with Gasteiger partial charge in [-0.25, -0.2) is 4.79 Å². The highest BCUT2D eigenvalue weighted by atomic mass is 79.9. The number of nitrogens with one attached hydrogen (secondary N) is 1. The van der Waals surface area contributed by atoms with Gasteiger partial charge in [0.15, 0.2) is 0 Å². The molecule has 0 saturated carbocycles. The van der Waals surface area contributed by atoms with Gasteiger partial charge >= 0.3 is 6.09 Å². The van der Waals surface area contributed by atoms with Crippen LogP contribution in [0.5, 0.6) is 0 Å². The Balaban J connectivity index is 2.12. The van der Waals surface area contributed by atoms with Crippen LogP contribution >= 0.6 is 15.9 Å². The third-order valence-electron chi connectivity index (χ3n) is 3.15. The predicted molar refractivity (Wildman–Crippen MR) is 88.1 cm³/mol. The first kappa shape index (κ1) is 18.0. The first-order chi connectivity index (χ1) is 10.2. The van der Waals surface area contributed by atoms with Crippen LogP contribution in [0.25, 0.3) is 0 Å². The lowest BCUT2D eigenvalue weighted by molar-refractivity contribution is 0.117. The summed E-state index contributed by atoms with van der Waals surface area (Å²) in [5.74, 6) is 0. The van der Waals surface area contributed by atoms with Crippen molar-refractivity contribution in [2.45, 2.75) is 38.7 Å². The number of hydrogen-bond donors (Lipinski definition) is 2. The topological polar surface area (TPSA) is 58.6 Å². The SMILES string of the molecule is O=C(O)NCCc1ccc(COCCCCCCBr)cc1. The fourth-order valence-corrected chi connectivity index (χ4v) is 2.35. The Hall–Kier alpha value is -1.07.